The van der Waals surface area contributed by atoms with Gasteiger partial charge in [0.1, 0.15) is 16.3 Å². The van der Waals surface area contributed by atoms with Gasteiger partial charge in [-0.25, -0.2) is 14.1 Å². The van der Waals surface area contributed by atoms with Crippen molar-refractivity contribution in [2.45, 2.75) is 33.7 Å². The molecule has 0 atom stereocenters. The summed E-state index contributed by atoms with van der Waals surface area (Å²) in [7, 11) is 0. The lowest BCUT2D eigenvalue weighted by atomic mass is 9.92. The number of thiazole rings is 1. The zero-order chi connectivity index (χ0) is 21.5. The highest BCUT2D eigenvalue weighted by Crippen LogP contribution is 2.25. The van der Waals surface area contributed by atoms with Crippen LogP contribution in [0.3, 0.4) is 0 Å². The molecule has 0 amide bonds. The first-order chi connectivity index (χ1) is 14.2. The molecule has 3 aromatic heterocycles. The minimum atomic E-state index is -0.456. The quantitative estimate of drug-likeness (QED) is 0.460. The second kappa shape index (κ2) is 7.56. The minimum absolute atomic E-state index is 0.0217. The van der Waals surface area contributed by atoms with Crippen molar-refractivity contribution in [2.75, 3.05) is 0 Å². The van der Waals surface area contributed by atoms with E-state index in [0.717, 1.165) is 4.70 Å². The SMILES string of the molecule is CC(C)(C)CC(=O)Oc1nn(Cc2nc3cc(F)ccc3s2)c(=O)c2cccnc12. The Bertz CT molecular complexity index is 1320. The highest BCUT2D eigenvalue weighted by atomic mass is 32.1. The number of carbonyl (C=O) groups excluding carboxylic acids is 1. The van der Waals surface area contributed by atoms with Crippen molar-refractivity contribution in [2.24, 2.45) is 5.41 Å². The summed E-state index contributed by atoms with van der Waals surface area (Å²) in [4.78, 5) is 33.8. The van der Waals surface area contributed by atoms with Gasteiger partial charge in [-0.3, -0.25) is 14.6 Å². The fourth-order valence-corrected chi connectivity index (χ4v) is 3.92. The van der Waals surface area contributed by atoms with E-state index in [2.05, 4.69) is 15.1 Å². The topological polar surface area (TPSA) is 87.0 Å². The summed E-state index contributed by atoms with van der Waals surface area (Å²) in [6, 6.07) is 7.59. The molecule has 0 bridgehead atoms. The first-order valence-corrected chi connectivity index (χ1v) is 10.1. The van der Waals surface area contributed by atoms with E-state index in [1.54, 1.807) is 18.2 Å². The normalized spacial score (nSPS) is 11.9. The zero-order valence-electron chi connectivity index (χ0n) is 16.7. The molecule has 0 aliphatic heterocycles. The Morgan fingerprint density at radius 3 is 2.83 bits per heavy atom. The molecule has 0 saturated heterocycles. The van der Waals surface area contributed by atoms with E-state index in [1.807, 2.05) is 20.8 Å². The summed E-state index contributed by atoms with van der Waals surface area (Å²) in [5.74, 6) is -0.853. The third kappa shape index (κ3) is 4.20. The Kier molecular flexibility index (Phi) is 5.07. The lowest BCUT2D eigenvalue weighted by Gasteiger charge is -2.16. The smallest absolute Gasteiger partial charge is 0.313 e. The van der Waals surface area contributed by atoms with Crippen molar-refractivity contribution in [3.8, 4) is 5.88 Å². The van der Waals surface area contributed by atoms with Crippen molar-refractivity contribution in [1.29, 1.82) is 0 Å². The van der Waals surface area contributed by atoms with Gasteiger partial charge < -0.3 is 4.74 Å². The number of benzene rings is 1. The Morgan fingerprint density at radius 2 is 2.07 bits per heavy atom. The van der Waals surface area contributed by atoms with Crippen LogP contribution in [0.1, 0.15) is 32.2 Å². The minimum Gasteiger partial charge on any atom is -0.403 e. The number of fused-ring (bicyclic) bond motifs is 2. The number of halogens is 1. The maximum Gasteiger partial charge on any atom is 0.313 e. The Labute approximate surface area is 175 Å². The Balaban J connectivity index is 1.74. The molecule has 0 unspecified atom stereocenters. The van der Waals surface area contributed by atoms with Gasteiger partial charge in [-0.1, -0.05) is 20.8 Å². The number of pyridine rings is 1. The molecule has 4 rings (SSSR count). The maximum atomic E-state index is 13.4. The largest absolute Gasteiger partial charge is 0.403 e. The number of hydrogen-bond acceptors (Lipinski definition) is 7. The van der Waals surface area contributed by atoms with Crippen LogP contribution in [-0.4, -0.2) is 25.7 Å². The number of ether oxygens (including phenoxy) is 1. The molecule has 0 fully saturated rings. The van der Waals surface area contributed by atoms with Crippen LogP contribution < -0.4 is 10.3 Å². The highest BCUT2D eigenvalue weighted by Gasteiger charge is 2.21. The fraction of sp³-hybridized carbons (Fsp3) is 0.286. The molecular formula is C21H19FN4O3S. The summed E-state index contributed by atoms with van der Waals surface area (Å²) >= 11 is 1.34. The van der Waals surface area contributed by atoms with Gasteiger partial charge in [-0.05, 0) is 29.7 Å². The van der Waals surface area contributed by atoms with Crippen LogP contribution in [0.2, 0.25) is 0 Å². The van der Waals surface area contributed by atoms with Crippen LogP contribution in [0, 0.1) is 11.2 Å². The molecule has 3 heterocycles. The summed E-state index contributed by atoms with van der Waals surface area (Å²) in [6.07, 6.45) is 1.70. The van der Waals surface area contributed by atoms with Crippen molar-refractivity contribution in [3.05, 3.63) is 57.7 Å². The monoisotopic (exact) mass is 426 g/mol. The molecule has 7 nitrogen and oxygen atoms in total. The second-order valence-electron chi connectivity index (χ2n) is 8.10. The van der Waals surface area contributed by atoms with E-state index >= 15 is 0 Å². The third-order valence-corrected chi connectivity index (χ3v) is 5.27. The van der Waals surface area contributed by atoms with Gasteiger partial charge in [0.15, 0.2) is 0 Å². The van der Waals surface area contributed by atoms with Gasteiger partial charge >= 0.3 is 5.97 Å². The molecule has 30 heavy (non-hydrogen) atoms. The van der Waals surface area contributed by atoms with Crippen LogP contribution in [0.15, 0.2) is 41.3 Å². The molecule has 0 N–H and O–H groups in total. The summed E-state index contributed by atoms with van der Waals surface area (Å²) < 4.78 is 20.9. The number of esters is 1. The van der Waals surface area contributed by atoms with Gasteiger partial charge in [0, 0.05) is 12.3 Å². The molecule has 0 radical (unpaired) electrons. The van der Waals surface area contributed by atoms with Crippen molar-refractivity contribution in [3.63, 3.8) is 0 Å². The fourth-order valence-electron chi connectivity index (χ4n) is 2.99. The first-order valence-electron chi connectivity index (χ1n) is 9.31. The molecule has 1 aromatic carbocycles. The van der Waals surface area contributed by atoms with E-state index < -0.39 is 5.97 Å². The molecule has 0 aliphatic rings. The van der Waals surface area contributed by atoms with Crippen LogP contribution in [0.4, 0.5) is 4.39 Å². The highest BCUT2D eigenvalue weighted by molar-refractivity contribution is 7.18. The van der Waals surface area contributed by atoms with E-state index in [-0.39, 0.29) is 41.2 Å². The van der Waals surface area contributed by atoms with Gasteiger partial charge in [-0.15, -0.1) is 16.4 Å². The standard InChI is InChI=1S/C21H19FN4O3S/c1-21(2,3)10-17(27)29-19-18-13(5-4-8-23-18)20(28)26(25-19)11-16-24-14-9-12(22)6-7-15(14)30-16/h4-9H,10-11H2,1-3H3. The third-order valence-electron chi connectivity index (χ3n) is 4.25. The van der Waals surface area contributed by atoms with Gasteiger partial charge in [0.05, 0.1) is 28.6 Å². The maximum absolute atomic E-state index is 13.4. The van der Waals surface area contributed by atoms with Crippen LogP contribution in [0.25, 0.3) is 21.1 Å². The Morgan fingerprint density at radius 1 is 1.27 bits per heavy atom. The van der Waals surface area contributed by atoms with Crippen LogP contribution in [0.5, 0.6) is 5.88 Å². The van der Waals surface area contributed by atoms with E-state index in [9.17, 15) is 14.0 Å². The Hall–Kier alpha value is -3.20. The summed E-state index contributed by atoms with van der Waals surface area (Å²) in [5, 5.41) is 5.12. The zero-order valence-corrected chi connectivity index (χ0v) is 17.5. The molecule has 0 saturated carbocycles. The summed E-state index contributed by atoms with van der Waals surface area (Å²) in [5.41, 5.74) is 0.110. The molecule has 0 spiro atoms. The van der Waals surface area contributed by atoms with Crippen LogP contribution >= 0.6 is 11.3 Å². The average molecular weight is 426 g/mol. The predicted octanol–water partition coefficient (Wildman–Crippen LogP) is 3.93. The van der Waals surface area contributed by atoms with Crippen molar-refractivity contribution >= 4 is 38.4 Å². The molecular weight excluding hydrogens is 407 g/mol. The van der Waals surface area contributed by atoms with Crippen LogP contribution in [-0.2, 0) is 11.3 Å². The van der Waals surface area contributed by atoms with E-state index in [4.69, 9.17) is 4.74 Å². The number of aromatic nitrogens is 4. The molecule has 9 heteroatoms. The number of nitrogens with zero attached hydrogens (tertiary/aromatic N) is 4. The van der Waals surface area contributed by atoms with E-state index in [1.165, 1.54) is 34.3 Å². The number of hydrogen-bond donors (Lipinski definition) is 0. The predicted molar refractivity (Wildman–Crippen MR) is 112 cm³/mol. The number of rotatable bonds is 4. The van der Waals surface area contributed by atoms with Gasteiger partial charge in [-0.2, -0.15) is 0 Å². The lowest BCUT2D eigenvalue weighted by molar-refractivity contribution is -0.136. The van der Waals surface area contributed by atoms with Gasteiger partial charge in [0.2, 0.25) is 0 Å². The second-order valence-corrected chi connectivity index (χ2v) is 9.21. The van der Waals surface area contributed by atoms with Crippen molar-refractivity contribution in [1.82, 2.24) is 19.7 Å². The van der Waals surface area contributed by atoms with Crippen molar-refractivity contribution < 1.29 is 13.9 Å². The number of carbonyl (C=O) groups is 1. The van der Waals surface area contributed by atoms with Gasteiger partial charge in [0.25, 0.3) is 11.4 Å². The molecule has 154 valence electrons. The first kappa shape index (κ1) is 20.1. The lowest BCUT2D eigenvalue weighted by Crippen LogP contribution is -2.26. The van der Waals surface area contributed by atoms with E-state index in [0.29, 0.717) is 15.9 Å². The summed E-state index contributed by atoms with van der Waals surface area (Å²) in [6.45, 7) is 5.84. The molecule has 0 aliphatic carbocycles. The molecule has 4 aromatic rings. The average Bonchev–Trinajstić information content (AvgIpc) is 3.05.